The van der Waals surface area contributed by atoms with E-state index < -0.39 is 0 Å². The molecule has 2 N–H and O–H groups in total. The van der Waals surface area contributed by atoms with Gasteiger partial charge in [0.05, 0.1) is 16.7 Å². The normalized spacial score (nSPS) is 13.0. The molecule has 1 aliphatic carbocycles. The van der Waals surface area contributed by atoms with Crippen LogP contribution in [0.4, 0.5) is 0 Å². The number of fused-ring (bicyclic) bond motifs is 6. The lowest BCUT2D eigenvalue weighted by molar-refractivity contribution is 0.663. The van der Waals surface area contributed by atoms with Crippen LogP contribution >= 0.6 is 0 Å². The van der Waals surface area contributed by atoms with E-state index in [2.05, 4.69) is 88.8 Å². The third-order valence-electron chi connectivity index (χ3n) is 6.71. The predicted octanol–water partition coefficient (Wildman–Crippen LogP) is 7.54. The van der Waals surface area contributed by atoms with Crippen LogP contribution in [-0.4, -0.2) is 4.57 Å². The van der Waals surface area contributed by atoms with E-state index >= 15 is 0 Å². The van der Waals surface area contributed by atoms with E-state index in [4.69, 9.17) is 10.2 Å². The molecule has 0 spiro atoms. The Kier molecular flexibility index (Phi) is 4.05. The second-order valence-corrected chi connectivity index (χ2v) is 8.55. The highest BCUT2D eigenvalue weighted by Gasteiger charge is 2.17. The van der Waals surface area contributed by atoms with Crippen LogP contribution in [0.5, 0.6) is 0 Å². The Balaban J connectivity index is 1.53. The molecule has 0 bridgehead atoms. The lowest BCUT2D eigenvalue weighted by Crippen LogP contribution is -1.95. The van der Waals surface area contributed by atoms with E-state index in [9.17, 15) is 0 Å². The van der Waals surface area contributed by atoms with Gasteiger partial charge in [0.15, 0.2) is 0 Å². The van der Waals surface area contributed by atoms with Crippen LogP contribution < -0.4 is 5.73 Å². The average Bonchev–Trinajstić information content (AvgIpc) is 3.44. The van der Waals surface area contributed by atoms with Gasteiger partial charge in [-0.15, -0.1) is 0 Å². The first-order chi connectivity index (χ1) is 16.8. The van der Waals surface area contributed by atoms with Gasteiger partial charge in [0, 0.05) is 39.7 Å². The zero-order valence-corrected chi connectivity index (χ0v) is 18.4. The largest absolute Gasteiger partial charge is 0.456 e. The summed E-state index contributed by atoms with van der Waals surface area (Å²) in [5.74, 6) is 0. The minimum Gasteiger partial charge on any atom is -0.456 e. The first kappa shape index (κ1) is 19.0. The Morgan fingerprint density at radius 3 is 2.53 bits per heavy atom. The summed E-state index contributed by atoms with van der Waals surface area (Å²) in [5.41, 5.74) is 20.6. The van der Waals surface area contributed by atoms with E-state index in [1.54, 1.807) is 0 Å². The van der Waals surface area contributed by atoms with Gasteiger partial charge in [0.25, 0.3) is 0 Å². The van der Waals surface area contributed by atoms with E-state index in [0.29, 0.717) is 6.54 Å². The Morgan fingerprint density at radius 2 is 1.65 bits per heavy atom. The fourth-order valence-electron chi connectivity index (χ4n) is 5.20. The van der Waals surface area contributed by atoms with E-state index in [0.717, 1.165) is 44.3 Å². The average molecular weight is 437 g/mol. The van der Waals surface area contributed by atoms with Gasteiger partial charge in [-0.2, -0.15) is 0 Å². The molecule has 0 saturated heterocycles. The summed E-state index contributed by atoms with van der Waals surface area (Å²) in [4.78, 5) is 0. The molecule has 0 saturated carbocycles. The third-order valence-corrected chi connectivity index (χ3v) is 6.71. The number of nitrogens with zero attached hydrogens (tertiary/aromatic N) is 1. The topological polar surface area (TPSA) is 44.1 Å². The summed E-state index contributed by atoms with van der Waals surface area (Å²) in [6, 6.07) is 27.8. The van der Waals surface area contributed by atoms with Crippen LogP contribution in [0, 0.1) is 0 Å². The first-order valence-electron chi connectivity index (χ1n) is 11.4. The number of furan rings is 1. The third kappa shape index (κ3) is 2.64. The standard InChI is InChI=1S/C31H20N2O/c32-19-21-8-6-13-25-30-23(12-7-15-29(30)34-31(21)25)20-16-17-28-26(18-20)24-11-4-5-14-27(24)33(28)22-9-2-1-3-10-22/h2,4-18H,19,32H2. The highest BCUT2D eigenvalue weighted by Crippen LogP contribution is 2.40. The second-order valence-electron chi connectivity index (χ2n) is 8.55. The number of rotatable bonds is 3. The number of nitrogens with two attached hydrogens (primary N) is 1. The number of benzene rings is 4. The van der Waals surface area contributed by atoms with E-state index in [-0.39, 0.29) is 0 Å². The van der Waals surface area contributed by atoms with Crippen molar-refractivity contribution in [1.29, 1.82) is 0 Å². The number of aromatic nitrogens is 1. The monoisotopic (exact) mass is 436 g/mol. The molecule has 0 fully saturated rings. The molecular formula is C31H20N2O. The summed E-state index contributed by atoms with van der Waals surface area (Å²) >= 11 is 0. The van der Waals surface area contributed by atoms with Gasteiger partial charge in [-0.05, 0) is 47.5 Å². The van der Waals surface area contributed by atoms with Gasteiger partial charge in [-0.1, -0.05) is 66.1 Å². The molecular weight excluding hydrogens is 416 g/mol. The minimum atomic E-state index is 0.451. The SMILES string of the molecule is NCc1cccc2c1oc1cccc(-c3ccc4c(c3)c3ccccc3n4C3=CC=C=C=C3)c12. The van der Waals surface area contributed by atoms with Gasteiger partial charge in [0.2, 0.25) is 0 Å². The maximum atomic E-state index is 6.27. The lowest BCUT2D eigenvalue weighted by Gasteiger charge is -2.09. The van der Waals surface area contributed by atoms with Crippen molar-refractivity contribution in [1.82, 2.24) is 4.57 Å². The van der Waals surface area contributed by atoms with Crippen molar-refractivity contribution in [3.05, 3.63) is 114 Å². The smallest absolute Gasteiger partial charge is 0.139 e. The summed E-state index contributed by atoms with van der Waals surface area (Å²) in [7, 11) is 0. The molecule has 2 heterocycles. The highest BCUT2D eigenvalue weighted by atomic mass is 16.3. The first-order valence-corrected chi connectivity index (χ1v) is 11.4. The van der Waals surface area contributed by atoms with E-state index in [1.807, 2.05) is 24.3 Å². The molecule has 6 aromatic rings. The van der Waals surface area contributed by atoms with Crippen molar-refractivity contribution in [2.24, 2.45) is 5.73 Å². The van der Waals surface area contributed by atoms with Crippen LogP contribution in [-0.2, 0) is 6.54 Å². The minimum absolute atomic E-state index is 0.451. The number of allylic oxidation sites excluding steroid dienone is 4. The molecule has 2 aromatic heterocycles. The summed E-state index contributed by atoms with van der Waals surface area (Å²) < 4.78 is 8.56. The molecule has 3 nitrogen and oxygen atoms in total. The molecule has 7 rings (SSSR count). The Bertz CT molecular complexity index is 1920. The highest BCUT2D eigenvalue weighted by molar-refractivity contribution is 6.15. The fraction of sp³-hybridized carbons (Fsp3) is 0.0323. The number of hydrogen-bond donors (Lipinski definition) is 1. The van der Waals surface area contributed by atoms with Gasteiger partial charge >= 0.3 is 0 Å². The number of para-hydroxylation sites is 2. The zero-order chi connectivity index (χ0) is 22.6. The molecule has 34 heavy (non-hydrogen) atoms. The molecule has 1 aliphatic rings. The molecule has 0 atom stereocenters. The molecule has 160 valence electrons. The van der Waals surface area contributed by atoms with Crippen LogP contribution in [0.2, 0.25) is 0 Å². The zero-order valence-electron chi connectivity index (χ0n) is 18.4. The second kappa shape index (κ2) is 7.25. The van der Waals surface area contributed by atoms with Gasteiger partial charge in [-0.25, -0.2) is 0 Å². The summed E-state index contributed by atoms with van der Waals surface area (Å²) in [6.45, 7) is 0.451. The fourth-order valence-corrected chi connectivity index (χ4v) is 5.20. The Morgan fingerprint density at radius 1 is 0.794 bits per heavy atom. The maximum Gasteiger partial charge on any atom is 0.139 e. The van der Waals surface area contributed by atoms with Gasteiger partial charge < -0.3 is 14.7 Å². The molecule has 3 heteroatoms. The summed E-state index contributed by atoms with van der Waals surface area (Å²) in [5, 5.41) is 4.67. The van der Waals surface area contributed by atoms with Gasteiger partial charge in [0.1, 0.15) is 11.2 Å². The molecule has 0 radical (unpaired) electrons. The van der Waals surface area contributed by atoms with Crippen molar-refractivity contribution in [2.45, 2.75) is 6.54 Å². The molecule has 4 aromatic carbocycles. The van der Waals surface area contributed by atoms with Crippen molar-refractivity contribution < 1.29 is 4.42 Å². The van der Waals surface area contributed by atoms with Crippen LogP contribution in [0.3, 0.4) is 0 Å². The van der Waals surface area contributed by atoms with Crippen molar-refractivity contribution in [3.8, 4) is 11.1 Å². The quantitative estimate of drug-likeness (QED) is 0.291. The number of hydrogen-bond acceptors (Lipinski definition) is 2. The molecule has 0 aliphatic heterocycles. The lowest BCUT2D eigenvalue weighted by atomic mass is 9.97. The molecule has 0 amide bonds. The molecule has 0 unspecified atom stereocenters. The van der Waals surface area contributed by atoms with Crippen LogP contribution in [0.25, 0.3) is 60.6 Å². The van der Waals surface area contributed by atoms with E-state index in [1.165, 1.54) is 21.8 Å². The maximum absolute atomic E-state index is 6.27. The summed E-state index contributed by atoms with van der Waals surface area (Å²) in [6.07, 6.45) is 5.96. The van der Waals surface area contributed by atoms with Crippen molar-refractivity contribution in [2.75, 3.05) is 0 Å². The van der Waals surface area contributed by atoms with Crippen LogP contribution in [0.1, 0.15) is 5.56 Å². The van der Waals surface area contributed by atoms with Crippen molar-refractivity contribution >= 4 is 49.4 Å². The van der Waals surface area contributed by atoms with Crippen LogP contribution in [0.15, 0.2) is 113 Å². The van der Waals surface area contributed by atoms with Crippen molar-refractivity contribution in [3.63, 3.8) is 0 Å². The van der Waals surface area contributed by atoms with Gasteiger partial charge in [-0.3, -0.25) is 0 Å². The Labute approximate surface area is 196 Å². The predicted molar refractivity (Wildman–Crippen MR) is 140 cm³/mol. The Hall–Kier alpha value is -4.52.